The third kappa shape index (κ3) is 3.22. The normalized spacial score (nSPS) is 16.0. The molecule has 1 aliphatic carbocycles. The first-order valence-electron chi connectivity index (χ1n) is 9.81. The van der Waals surface area contributed by atoms with Crippen molar-refractivity contribution in [1.29, 1.82) is 0 Å². The van der Waals surface area contributed by atoms with Gasteiger partial charge in [0.25, 0.3) is 0 Å². The van der Waals surface area contributed by atoms with E-state index in [2.05, 4.69) is 56.7 Å². The van der Waals surface area contributed by atoms with Crippen LogP contribution in [0.5, 0.6) is 0 Å². The summed E-state index contributed by atoms with van der Waals surface area (Å²) < 4.78 is 0. The van der Waals surface area contributed by atoms with E-state index in [4.69, 9.17) is 0 Å². The molecule has 138 valence electrons. The maximum atomic E-state index is 4.66. The molecule has 2 heterocycles. The van der Waals surface area contributed by atoms with E-state index in [0.717, 1.165) is 46.6 Å². The molecule has 1 aliphatic rings. The summed E-state index contributed by atoms with van der Waals surface area (Å²) in [7, 11) is 0. The Kier molecular flexibility index (Phi) is 4.24. The second-order valence-electron chi connectivity index (χ2n) is 7.39. The molecule has 5 rings (SSSR count). The average molecular weight is 366 g/mol. The molecule has 0 saturated heterocycles. The first-order chi connectivity index (χ1) is 13.8. The molecule has 0 aliphatic heterocycles. The van der Waals surface area contributed by atoms with E-state index in [1.807, 2.05) is 37.4 Å². The molecule has 0 saturated carbocycles. The van der Waals surface area contributed by atoms with Crippen LogP contribution in [0.25, 0.3) is 22.2 Å². The topological polar surface area (TPSA) is 50.7 Å². The average Bonchev–Trinajstić information content (AvgIpc) is 2.73. The molecule has 0 amide bonds. The summed E-state index contributed by atoms with van der Waals surface area (Å²) in [5, 5.41) is 4.77. The van der Waals surface area contributed by atoms with E-state index in [0.29, 0.717) is 6.04 Å². The van der Waals surface area contributed by atoms with Crippen LogP contribution >= 0.6 is 0 Å². The van der Waals surface area contributed by atoms with E-state index in [1.165, 1.54) is 17.5 Å². The number of pyridine rings is 1. The van der Waals surface area contributed by atoms with Crippen molar-refractivity contribution >= 4 is 16.7 Å². The van der Waals surface area contributed by atoms with Gasteiger partial charge in [-0.25, -0.2) is 9.97 Å². The van der Waals surface area contributed by atoms with Crippen molar-refractivity contribution in [3.63, 3.8) is 0 Å². The molecular weight excluding hydrogens is 344 g/mol. The lowest BCUT2D eigenvalue weighted by atomic mass is 9.88. The number of para-hydroxylation sites is 1. The fraction of sp³-hybridized carbons (Fsp3) is 0.208. The van der Waals surface area contributed by atoms with Gasteiger partial charge in [-0.15, -0.1) is 0 Å². The van der Waals surface area contributed by atoms with Gasteiger partial charge in [-0.05, 0) is 49.4 Å². The molecular formula is C24H22N4. The Labute approximate surface area is 164 Å². The Balaban J connectivity index is 1.49. The molecule has 4 heteroatoms. The van der Waals surface area contributed by atoms with Gasteiger partial charge in [-0.3, -0.25) is 4.98 Å². The Bertz CT molecular complexity index is 1150. The lowest BCUT2D eigenvalue weighted by Gasteiger charge is -2.27. The van der Waals surface area contributed by atoms with Gasteiger partial charge in [0.05, 0.1) is 17.3 Å². The maximum Gasteiger partial charge on any atom is 0.130 e. The predicted octanol–water partition coefficient (Wildman–Crippen LogP) is 5.49. The fourth-order valence-electron chi connectivity index (χ4n) is 4.08. The predicted molar refractivity (Wildman–Crippen MR) is 113 cm³/mol. The number of anilines is 1. The monoisotopic (exact) mass is 366 g/mol. The number of aryl methyl sites for hydroxylation is 2. The van der Waals surface area contributed by atoms with Gasteiger partial charge in [0.2, 0.25) is 0 Å². The van der Waals surface area contributed by atoms with Crippen LogP contribution in [0, 0.1) is 6.92 Å². The number of hydrogen-bond acceptors (Lipinski definition) is 4. The van der Waals surface area contributed by atoms with Gasteiger partial charge in [-0.2, -0.15) is 0 Å². The largest absolute Gasteiger partial charge is 0.363 e. The number of benzene rings is 2. The molecule has 0 bridgehead atoms. The highest BCUT2D eigenvalue weighted by Crippen LogP contribution is 2.32. The van der Waals surface area contributed by atoms with Crippen LogP contribution in [0.3, 0.4) is 0 Å². The number of nitrogens with zero attached hydrogens (tertiary/aromatic N) is 3. The minimum absolute atomic E-state index is 0.293. The van der Waals surface area contributed by atoms with Crippen LogP contribution in [0.4, 0.5) is 5.82 Å². The highest BCUT2D eigenvalue weighted by atomic mass is 15.0. The molecule has 4 aromatic rings. The van der Waals surface area contributed by atoms with Crippen molar-refractivity contribution in [2.24, 2.45) is 0 Å². The molecule has 0 radical (unpaired) electrons. The highest BCUT2D eigenvalue weighted by Gasteiger charge is 2.20. The van der Waals surface area contributed by atoms with Crippen LogP contribution in [0.15, 0.2) is 66.9 Å². The SMILES string of the molecule is Cc1nc(NC2CCCc3ccccc32)cc(-c2cnc3ccccc3c2)n1. The van der Waals surface area contributed by atoms with Crippen LogP contribution in [-0.2, 0) is 6.42 Å². The van der Waals surface area contributed by atoms with Gasteiger partial charge in [0.15, 0.2) is 0 Å². The third-order valence-electron chi connectivity index (χ3n) is 5.42. The maximum absolute atomic E-state index is 4.66. The zero-order valence-corrected chi connectivity index (χ0v) is 15.9. The first-order valence-corrected chi connectivity index (χ1v) is 9.81. The summed E-state index contributed by atoms with van der Waals surface area (Å²) in [6.45, 7) is 1.94. The van der Waals surface area contributed by atoms with Crippen LogP contribution in [0.2, 0.25) is 0 Å². The van der Waals surface area contributed by atoms with Gasteiger partial charge >= 0.3 is 0 Å². The zero-order valence-electron chi connectivity index (χ0n) is 15.9. The van der Waals surface area contributed by atoms with Crippen LogP contribution in [0.1, 0.15) is 35.8 Å². The van der Waals surface area contributed by atoms with Crippen molar-refractivity contribution in [2.75, 3.05) is 5.32 Å². The second kappa shape index (κ2) is 7.04. The Hall–Kier alpha value is -3.27. The van der Waals surface area contributed by atoms with Gasteiger partial charge in [0, 0.05) is 23.2 Å². The van der Waals surface area contributed by atoms with E-state index < -0.39 is 0 Å². The van der Waals surface area contributed by atoms with Gasteiger partial charge in [-0.1, -0.05) is 42.5 Å². The Morgan fingerprint density at radius 2 is 1.82 bits per heavy atom. The molecule has 2 aromatic heterocycles. The lowest BCUT2D eigenvalue weighted by molar-refractivity contribution is 0.598. The van der Waals surface area contributed by atoms with Crippen LogP contribution in [-0.4, -0.2) is 15.0 Å². The van der Waals surface area contributed by atoms with E-state index in [-0.39, 0.29) is 0 Å². The van der Waals surface area contributed by atoms with Crippen molar-refractivity contribution in [1.82, 2.24) is 15.0 Å². The zero-order chi connectivity index (χ0) is 18.9. The van der Waals surface area contributed by atoms with Crippen molar-refractivity contribution in [3.05, 3.63) is 83.8 Å². The number of hydrogen-bond donors (Lipinski definition) is 1. The third-order valence-corrected chi connectivity index (χ3v) is 5.42. The second-order valence-corrected chi connectivity index (χ2v) is 7.39. The molecule has 2 aromatic carbocycles. The minimum Gasteiger partial charge on any atom is -0.363 e. The molecule has 1 atom stereocenters. The summed E-state index contributed by atoms with van der Waals surface area (Å²) in [5.74, 6) is 1.63. The standard InChI is InChI=1S/C24H22N4/c1-16-26-23(19-13-18-8-3-5-11-21(18)25-15-19)14-24(27-16)28-22-12-6-9-17-7-2-4-10-20(17)22/h2-5,7-8,10-11,13-15,22H,6,9,12H2,1H3,(H,26,27,28). The summed E-state index contributed by atoms with van der Waals surface area (Å²) in [5.41, 5.74) is 5.73. The highest BCUT2D eigenvalue weighted by molar-refractivity contribution is 5.83. The number of nitrogens with one attached hydrogen (secondary N) is 1. The number of aromatic nitrogens is 3. The molecule has 0 fully saturated rings. The van der Waals surface area contributed by atoms with Crippen LogP contribution < -0.4 is 5.32 Å². The molecule has 1 unspecified atom stereocenters. The summed E-state index contributed by atoms with van der Waals surface area (Å²) >= 11 is 0. The van der Waals surface area contributed by atoms with Crippen molar-refractivity contribution in [2.45, 2.75) is 32.2 Å². The van der Waals surface area contributed by atoms with Crippen molar-refractivity contribution in [3.8, 4) is 11.3 Å². The molecule has 0 spiro atoms. The van der Waals surface area contributed by atoms with Crippen molar-refractivity contribution < 1.29 is 0 Å². The fourth-order valence-corrected chi connectivity index (χ4v) is 4.08. The smallest absolute Gasteiger partial charge is 0.130 e. The van der Waals surface area contributed by atoms with E-state index in [9.17, 15) is 0 Å². The summed E-state index contributed by atoms with van der Waals surface area (Å²) in [6.07, 6.45) is 5.36. The summed E-state index contributed by atoms with van der Waals surface area (Å²) in [6, 6.07) is 21.3. The van der Waals surface area contributed by atoms with Gasteiger partial charge in [0.1, 0.15) is 11.6 Å². The number of fused-ring (bicyclic) bond motifs is 2. The first kappa shape index (κ1) is 16.9. The summed E-state index contributed by atoms with van der Waals surface area (Å²) in [4.78, 5) is 13.9. The Morgan fingerprint density at radius 1 is 0.964 bits per heavy atom. The van der Waals surface area contributed by atoms with E-state index >= 15 is 0 Å². The van der Waals surface area contributed by atoms with E-state index in [1.54, 1.807) is 0 Å². The lowest BCUT2D eigenvalue weighted by Crippen LogP contribution is -2.18. The van der Waals surface area contributed by atoms with Gasteiger partial charge < -0.3 is 5.32 Å². The molecule has 28 heavy (non-hydrogen) atoms. The Morgan fingerprint density at radius 3 is 2.79 bits per heavy atom. The molecule has 1 N–H and O–H groups in total. The quantitative estimate of drug-likeness (QED) is 0.521. The minimum atomic E-state index is 0.293. The molecule has 4 nitrogen and oxygen atoms in total. The number of rotatable bonds is 3.